The van der Waals surface area contributed by atoms with Crippen LogP contribution in [0.15, 0.2) is 88.7 Å². The summed E-state index contributed by atoms with van der Waals surface area (Å²) in [6.07, 6.45) is 4.18. The number of para-hydroxylation sites is 1. The molecule has 35 heavy (non-hydrogen) atoms. The van der Waals surface area contributed by atoms with Gasteiger partial charge in [0.05, 0.1) is 17.1 Å². The van der Waals surface area contributed by atoms with Crippen molar-refractivity contribution in [2.45, 2.75) is 37.6 Å². The molecule has 0 atom stereocenters. The zero-order chi connectivity index (χ0) is 24.6. The molecule has 1 heterocycles. The molecule has 0 saturated carbocycles. The van der Waals surface area contributed by atoms with Gasteiger partial charge in [0.1, 0.15) is 0 Å². The maximum absolute atomic E-state index is 13.4. The normalized spacial score (nSPS) is 14.4. The summed E-state index contributed by atoms with van der Waals surface area (Å²) in [6.45, 7) is 3.99. The summed E-state index contributed by atoms with van der Waals surface area (Å²) in [7, 11) is 2.11. The fourth-order valence-electron chi connectivity index (χ4n) is 4.26. The Kier molecular flexibility index (Phi) is 8.56. The van der Waals surface area contributed by atoms with Crippen molar-refractivity contribution in [3.63, 3.8) is 0 Å². The number of nitrogens with zero attached hydrogens (tertiary/aromatic N) is 2. The monoisotopic (exact) mass is 484 g/mol. The SMILES string of the molecule is Cc1cccc(/C=C2\Sc3ccccc3N(CC(=O)CCCCN(C)Cc3ccccc3)C2=O)c1. The molecule has 3 aromatic rings. The number of amides is 1. The molecule has 0 N–H and O–H groups in total. The molecule has 0 radical (unpaired) electrons. The number of Topliss-reactive ketones (excluding diaryl/α,β-unsaturated/α-hetero) is 1. The van der Waals surface area contributed by atoms with E-state index in [0.717, 1.165) is 47.6 Å². The second kappa shape index (κ2) is 12.0. The molecular formula is C30H32N2O2S. The van der Waals surface area contributed by atoms with Crippen LogP contribution in [0.2, 0.25) is 0 Å². The quantitative estimate of drug-likeness (QED) is 0.248. The lowest BCUT2D eigenvalue weighted by atomic mass is 10.1. The molecule has 4 rings (SSSR count). The third kappa shape index (κ3) is 6.93. The molecule has 1 aliphatic rings. The summed E-state index contributed by atoms with van der Waals surface area (Å²) in [6, 6.07) is 26.3. The first-order chi connectivity index (χ1) is 17.0. The average Bonchev–Trinajstić information content (AvgIpc) is 2.85. The van der Waals surface area contributed by atoms with Crippen molar-refractivity contribution in [2.75, 3.05) is 25.0 Å². The van der Waals surface area contributed by atoms with E-state index in [2.05, 4.69) is 42.3 Å². The van der Waals surface area contributed by atoms with Gasteiger partial charge in [-0.25, -0.2) is 0 Å². The van der Waals surface area contributed by atoms with Crippen LogP contribution in [0.5, 0.6) is 0 Å². The van der Waals surface area contributed by atoms with Crippen molar-refractivity contribution in [3.8, 4) is 0 Å². The van der Waals surface area contributed by atoms with Crippen LogP contribution in [0.4, 0.5) is 5.69 Å². The number of hydrogen-bond donors (Lipinski definition) is 0. The Morgan fingerprint density at radius 1 is 0.971 bits per heavy atom. The maximum Gasteiger partial charge on any atom is 0.265 e. The summed E-state index contributed by atoms with van der Waals surface area (Å²) < 4.78 is 0. The standard InChI is InChI=1S/C30H32N2O2S/c1-23-11-10-14-25(19-23)20-29-30(34)32(27-16-6-7-17-28(27)35-29)22-26(33)15-8-9-18-31(2)21-24-12-4-3-5-13-24/h3-7,10-14,16-17,19-20H,8-9,15,18,21-22H2,1-2H3/b29-20-. The minimum atomic E-state index is -0.105. The van der Waals surface area contributed by atoms with Crippen molar-refractivity contribution in [3.05, 3.63) is 100 Å². The number of hydrogen-bond acceptors (Lipinski definition) is 4. The van der Waals surface area contributed by atoms with E-state index in [1.165, 1.54) is 17.3 Å². The van der Waals surface area contributed by atoms with Gasteiger partial charge >= 0.3 is 0 Å². The van der Waals surface area contributed by atoms with Gasteiger partial charge in [0.2, 0.25) is 0 Å². The van der Waals surface area contributed by atoms with Gasteiger partial charge in [-0.2, -0.15) is 0 Å². The number of aryl methyl sites for hydroxylation is 1. The number of rotatable bonds is 10. The Morgan fingerprint density at radius 3 is 2.54 bits per heavy atom. The van der Waals surface area contributed by atoms with Gasteiger partial charge in [0.25, 0.3) is 5.91 Å². The molecule has 3 aromatic carbocycles. The lowest BCUT2D eigenvalue weighted by Crippen LogP contribution is -2.38. The Balaban J connectivity index is 1.35. The van der Waals surface area contributed by atoms with E-state index in [1.807, 2.05) is 61.5 Å². The van der Waals surface area contributed by atoms with Crippen LogP contribution in [0.1, 0.15) is 36.0 Å². The first-order valence-corrected chi connectivity index (χ1v) is 12.9. The lowest BCUT2D eigenvalue weighted by molar-refractivity contribution is -0.121. The Labute approximate surface area is 212 Å². The van der Waals surface area contributed by atoms with Crippen LogP contribution in [-0.2, 0) is 16.1 Å². The van der Waals surface area contributed by atoms with Crippen LogP contribution in [-0.4, -0.2) is 36.7 Å². The molecule has 180 valence electrons. The summed E-state index contributed by atoms with van der Waals surface area (Å²) in [5.41, 5.74) is 4.25. The number of thioether (sulfide) groups is 1. The predicted molar refractivity (Wildman–Crippen MR) is 145 cm³/mol. The first-order valence-electron chi connectivity index (χ1n) is 12.1. The van der Waals surface area contributed by atoms with E-state index in [4.69, 9.17) is 0 Å². The van der Waals surface area contributed by atoms with Crippen LogP contribution in [0.3, 0.4) is 0 Å². The fourth-order valence-corrected chi connectivity index (χ4v) is 5.32. The number of benzene rings is 3. The number of anilines is 1. The largest absolute Gasteiger partial charge is 0.302 e. The molecule has 5 heteroatoms. The van der Waals surface area contributed by atoms with Gasteiger partial charge in [0, 0.05) is 17.9 Å². The predicted octanol–water partition coefficient (Wildman–Crippen LogP) is 6.35. The molecule has 0 aromatic heterocycles. The highest BCUT2D eigenvalue weighted by molar-refractivity contribution is 8.04. The molecule has 0 bridgehead atoms. The minimum Gasteiger partial charge on any atom is -0.302 e. The van der Waals surface area contributed by atoms with E-state index >= 15 is 0 Å². The molecule has 0 unspecified atom stereocenters. The summed E-state index contributed by atoms with van der Waals surface area (Å²) in [4.78, 5) is 31.8. The minimum absolute atomic E-state index is 0.0978. The van der Waals surface area contributed by atoms with Gasteiger partial charge in [-0.05, 0) is 62.7 Å². The first kappa shape index (κ1) is 25.0. The number of carbonyl (C=O) groups is 2. The molecular weight excluding hydrogens is 452 g/mol. The summed E-state index contributed by atoms with van der Waals surface area (Å²) in [5, 5.41) is 0. The Hall–Kier alpha value is -3.15. The zero-order valence-electron chi connectivity index (χ0n) is 20.4. The average molecular weight is 485 g/mol. The highest BCUT2D eigenvalue weighted by Crippen LogP contribution is 2.42. The summed E-state index contributed by atoms with van der Waals surface area (Å²) >= 11 is 1.48. The highest BCUT2D eigenvalue weighted by Gasteiger charge is 2.30. The Morgan fingerprint density at radius 2 is 1.74 bits per heavy atom. The van der Waals surface area contributed by atoms with Crippen LogP contribution < -0.4 is 4.90 Å². The molecule has 1 aliphatic heterocycles. The molecule has 0 saturated heterocycles. The van der Waals surface area contributed by atoms with E-state index < -0.39 is 0 Å². The van der Waals surface area contributed by atoms with E-state index in [1.54, 1.807) is 4.90 Å². The van der Waals surface area contributed by atoms with Crippen LogP contribution in [0, 0.1) is 6.92 Å². The highest BCUT2D eigenvalue weighted by atomic mass is 32.2. The van der Waals surface area contributed by atoms with Crippen molar-refractivity contribution in [2.24, 2.45) is 0 Å². The number of fused-ring (bicyclic) bond motifs is 1. The second-order valence-electron chi connectivity index (χ2n) is 9.10. The molecule has 0 fully saturated rings. The second-order valence-corrected chi connectivity index (χ2v) is 10.2. The molecule has 0 spiro atoms. The van der Waals surface area contributed by atoms with E-state index in [9.17, 15) is 9.59 Å². The van der Waals surface area contributed by atoms with Gasteiger partial charge in [-0.15, -0.1) is 0 Å². The number of unbranched alkanes of at least 4 members (excludes halogenated alkanes) is 1. The molecule has 4 nitrogen and oxygen atoms in total. The molecule has 0 aliphatic carbocycles. The van der Waals surface area contributed by atoms with Gasteiger partial charge in [-0.3, -0.25) is 14.5 Å². The van der Waals surface area contributed by atoms with Crippen LogP contribution in [0.25, 0.3) is 6.08 Å². The van der Waals surface area contributed by atoms with Crippen LogP contribution >= 0.6 is 11.8 Å². The zero-order valence-corrected chi connectivity index (χ0v) is 21.3. The number of ketones is 1. The molecule has 1 amide bonds. The van der Waals surface area contributed by atoms with Gasteiger partial charge in [-0.1, -0.05) is 84.1 Å². The van der Waals surface area contributed by atoms with Gasteiger partial charge in [0.15, 0.2) is 5.78 Å². The lowest BCUT2D eigenvalue weighted by Gasteiger charge is -2.30. The smallest absolute Gasteiger partial charge is 0.265 e. The third-order valence-electron chi connectivity index (χ3n) is 6.05. The van der Waals surface area contributed by atoms with Crippen molar-refractivity contribution in [1.82, 2.24) is 4.90 Å². The topological polar surface area (TPSA) is 40.6 Å². The summed E-state index contributed by atoms with van der Waals surface area (Å²) in [5.74, 6) is -0.00757. The van der Waals surface area contributed by atoms with E-state index in [-0.39, 0.29) is 18.2 Å². The third-order valence-corrected chi connectivity index (χ3v) is 7.12. The Bertz CT molecular complexity index is 1210. The van der Waals surface area contributed by atoms with Crippen molar-refractivity contribution < 1.29 is 9.59 Å². The van der Waals surface area contributed by atoms with Gasteiger partial charge < -0.3 is 4.90 Å². The van der Waals surface area contributed by atoms with Crippen molar-refractivity contribution in [1.29, 1.82) is 0 Å². The fraction of sp³-hybridized carbons (Fsp3) is 0.267. The maximum atomic E-state index is 13.4. The van der Waals surface area contributed by atoms with Crippen molar-refractivity contribution >= 4 is 35.2 Å². The number of carbonyl (C=O) groups excluding carboxylic acids is 2. The van der Waals surface area contributed by atoms with E-state index in [0.29, 0.717) is 11.3 Å².